The molecule has 0 bridgehead atoms. The number of benzene rings is 1. The Morgan fingerprint density at radius 1 is 1.23 bits per heavy atom. The molecule has 4 nitrogen and oxygen atoms in total. The molecule has 22 heavy (non-hydrogen) atoms. The number of ether oxygens (including phenoxy) is 1. The molecule has 0 saturated heterocycles. The number of furan rings is 1. The number of nitrogens with zero attached hydrogens (tertiary/aromatic N) is 1. The Kier molecular flexibility index (Phi) is 4.88. The molecule has 0 aliphatic rings. The third-order valence-corrected chi connectivity index (χ3v) is 4.26. The highest BCUT2D eigenvalue weighted by molar-refractivity contribution is 7.09. The summed E-state index contributed by atoms with van der Waals surface area (Å²) in [7, 11) is 1.70. The van der Waals surface area contributed by atoms with Crippen molar-refractivity contribution in [2.45, 2.75) is 13.0 Å². The molecule has 0 fully saturated rings. The van der Waals surface area contributed by atoms with Gasteiger partial charge in [0.1, 0.15) is 11.4 Å². The minimum Gasteiger partial charge on any atom is -0.496 e. The van der Waals surface area contributed by atoms with Gasteiger partial charge < -0.3 is 14.5 Å². The van der Waals surface area contributed by atoms with Gasteiger partial charge in [0.2, 0.25) is 0 Å². The minimum absolute atomic E-state index is 0.792. The predicted molar refractivity (Wildman–Crippen MR) is 88.2 cm³/mol. The van der Waals surface area contributed by atoms with Crippen LogP contribution in [-0.4, -0.2) is 18.6 Å². The predicted octanol–water partition coefficient (Wildman–Crippen LogP) is 3.74. The summed E-state index contributed by atoms with van der Waals surface area (Å²) in [5, 5.41) is 6.58. The topological polar surface area (TPSA) is 47.3 Å². The van der Waals surface area contributed by atoms with Gasteiger partial charge in [0.05, 0.1) is 18.4 Å². The van der Waals surface area contributed by atoms with E-state index < -0.39 is 0 Å². The molecule has 2 heterocycles. The van der Waals surface area contributed by atoms with Gasteiger partial charge >= 0.3 is 0 Å². The summed E-state index contributed by atoms with van der Waals surface area (Å²) in [5.74, 6) is 1.74. The van der Waals surface area contributed by atoms with Crippen molar-refractivity contribution in [2.75, 3.05) is 13.7 Å². The molecule has 0 atom stereocenters. The SMILES string of the molecule is COc1ccccc1CNCCc1nc(-c2ccco2)cs1. The minimum atomic E-state index is 0.792. The maximum Gasteiger partial charge on any atom is 0.153 e. The van der Waals surface area contributed by atoms with Gasteiger partial charge in [-0.15, -0.1) is 11.3 Å². The lowest BCUT2D eigenvalue weighted by atomic mass is 10.2. The zero-order valence-corrected chi connectivity index (χ0v) is 13.2. The van der Waals surface area contributed by atoms with Gasteiger partial charge in [0.25, 0.3) is 0 Å². The molecular weight excluding hydrogens is 296 g/mol. The molecule has 3 rings (SSSR count). The summed E-state index contributed by atoms with van der Waals surface area (Å²) in [6.07, 6.45) is 2.57. The zero-order valence-electron chi connectivity index (χ0n) is 12.4. The summed E-state index contributed by atoms with van der Waals surface area (Å²) < 4.78 is 10.7. The van der Waals surface area contributed by atoms with E-state index in [1.807, 2.05) is 35.7 Å². The van der Waals surface area contributed by atoms with Crippen molar-refractivity contribution in [3.8, 4) is 17.2 Å². The number of aromatic nitrogens is 1. The number of para-hydroxylation sites is 1. The van der Waals surface area contributed by atoms with E-state index in [4.69, 9.17) is 9.15 Å². The van der Waals surface area contributed by atoms with E-state index in [1.54, 1.807) is 24.7 Å². The number of thiazole rings is 1. The summed E-state index contributed by atoms with van der Waals surface area (Å²) in [6, 6.07) is 11.9. The van der Waals surface area contributed by atoms with E-state index in [0.29, 0.717) is 0 Å². The molecule has 0 saturated carbocycles. The van der Waals surface area contributed by atoms with Crippen LogP contribution in [0.5, 0.6) is 5.75 Å². The van der Waals surface area contributed by atoms with Crippen molar-refractivity contribution in [2.24, 2.45) is 0 Å². The van der Waals surface area contributed by atoms with Gasteiger partial charge in [-0.1, -0.05) is 18.2 Å². The first-order valence-electron chi connectivity index (χ1n) is 7.17. The van der Waals surface area contributed by atoms with E-state index in [2.05, 4.69) is 16.4 Å². The van der Waals surface area contributed by atoms with Crippen molar-refractivity contribution in [3.05, 3.63) is 58.6 Å². The van der Waals surface area contributed by atoms with E-state index in [9.17, 15) is 0 Å². The second-order valence-corrected chi connectivity index (χ2v) is 5.79. The summed E-state index contributed by atoms with van der Waals surface area (Å²) >= 11 is 1.67. The number of hydrogen-bond acceptors (Lipinski definition) is 5. The maximum absolute atomic E-state index is 5.36. The van der Waals surface area contributed by atoms with Crippen LogP contribution in [0.15, 0.2) is 52.5 Å². The van der Waals surface area contributed by atoms with Crippen LogP contribution in [0.2, 0.25) is 0 Å². The fourth-order valence-electron chi connectivity index (χ4n) is 2.23. The molecule has 3 aromatic rings. The molecule has 114 valence electrons. The third-order valence-electron chi connectivity index (χ3n) is 3.35. The van der Waals surface area contributed by atoms with Gasteiger partial charge in [0, 0.05) is 30.5 Å². The monoisotopic (exact) mass is 314 g/mol. The Morgan fingerprint density at radius 3 is 2.95 bits per heavy atom. The number of nitrogens with one attached hydrogen (secondary N) is 1. The first-order valence-corrected chi connectivity index (χ1v) is 8.05. The fourth-order valence-corrected chi connectivity index (χ4v) is 3.02. The Labute approximate surface area is 133 Å². The lowest BCUT2D eigenvalue weighted by molar-refractivity contribution is 0.408. The van der Waals surface area contributed by atoms with Crippen molar-refractivity contribution < 1.29 is 9.15 Å². The second-order valence-electron chi connectivity index (χ2n) is 4.84. The summed E-state index contributed by atoms with van der Waals surface area (Å²) in [4.78, 5) is 4.59. The molecule has 0 aliphatic carbocycles. The van der Waals surface area contributed by atoms with Gasteiger partial charge in [-0.3, -0.25) is 0 Å². The van der Waals surface area contributed by atoms with Gasteiger partial charge in [-0.25, -0.2) is 4.98 Å². The largest absolute Gasteiger partial charge is 0.496 e. The van der Waals surface area contributed by atoms with Crippen LogP contribution >= 0.6 is 11.3 Å². The van der Waals surface area contributed by atoms with Gasteiger partial charge in [-0.2, -0.15) is 0 Å². The molecule has 0 amide bonds. The lowest BCUT2D eigenvalue weighted by Crippen LogP contribution is -2.17. The molecule has 1 N–H and O–H groups in total. The van der Waals surface area contributed by atoms with E-state index in [1.165, 1.54) is 5.56 Å². The van der Waals surface area contributed by atoms with E-state index in [-0.39, 0.29) is 0 Å². The van der Waals surface area contributed by atoms with Crippen LogP contribution in [0.4, 0.5) is 0 Å². The number of methoxy groups -OCH3 is 1. The highest BCUT2D eigenvalue weighted by Gasteiger charge is 2.06. The van der Waals surface area contributed by atoms with Crippen molar-refractivity contribution >= 4 is 11.3 Å². The van der Waals surface area contributed by atoms with Crippen molar-refractivity contribution in [1.29, 1.82) is 0 Å². The normalized spacial score (nSPS) is 10.8. The third kappa shape index (κ3) is 3.55. The first-order chi connectivity index (χ1) is 10.9. The van der Waals surface area contributed by atoms with Crippen LogP contribution in [0, 0.1) is 0 Å². The van der Waals surface area contributed by atoms with Crippen molar-refractivity contribution in [3.63, 3.8) is 0 Å². The van der Waals surface area contributed by atoms with E-state index in [0.717, 1.165) is 41.7 Å². The van der Waals surface area contributed by atoms with Crippen LogP contribution in [0.3, 0.4) is 0 Å². The van der Waals surface area contributed by atoms with Crippen LogP contribution in [0.1, 0.15) is 10.6 Å². The van der Waals surface area contributed by atoms with Gasteiger partial charge in [0.15, 0.2) is 5.76 Å². The molecule has 1 aromatic carbocycles. The average Bonchev–Trinajstić information content (AvgIpc) is 3.23. The maximum atomic E-state index is 5.36. The first kappa shape index (κ1) is 14.8. The fraction of sp³-hybridized carbons (Fsp3) is 0.235. The van der Waals surface area contributed by atoms with E-state index >= 15 is 0 Å². The number of rotatable bonds is 7. The Morgan fingerprint density at radius 2 is 2.14 bits per heavy atom. The molecule has 2 aromatic heterocycles. The average molecular weight is 314 g/mol. The molecular formula is C17H18N2O2S. The Bertz CT molecular complexity index is 707. The van der Waals surface area contributed by atoms with Crippen LogP contribution in [0.25, 0.3) is 11.5 Å². The standard InChI is InChI=1S/C17H18N2O2S/c1-20-15-6-3-2-5-13(15)11-18-9-8-17-19-14(12-22-17)16-7-4-10-21-16/h2-7,10,12,18H,8-9,11H2,1H3. The molecule has 0 aliphatic heterocycles. The highest BCUT2D eigenvalue weighted by atomic mass is 32.1. The smallest absolute Gasteiger partial charge is 0.153 e. The Hall–Kier alpha value is -2.11. The molecule has 0 unspecified atom stereocenters. The van der Waals surface area contributed by atoms with Gasteiger partial charge in [-0.05, 0) is 18.2 Å². The second kappa shape index (κ2) is 7.24. The summed E-state index contributed by atoms with van der Waals surface area (Å²) in [5.41, 5.74) is 2.08. The van der Waals surface area contributed by atoms with Crippen molar-refractivity contribution in [1.82, 2.24) is 10.3 Å². The molecule has 0 radical (unpaired) electrons. The van der Waals surface area contributed by atoms with Crippen LogP contribution < -0.4 is 10.1 Å². The number of hydrogen-bond donors (Lipinski definition) is 1. The lowest BCUT2D eigenvalue weighted by Gasteiger charge is -2.08. The summed E-state index contributed by atoms with van der Waals surface area (Å²) in [6.45, 7) is 1.67. The van der Waals surface area contributed by atoms with Crippen LogP contribution in [-0.2, 0) is 13.0 Å². The molecule has 0 spiro atoms. The highest BCUT2D eigenvalue weighted by Crippen LogP contribution is 2.22. The molecule has 5 heteroatoms. The zero-order chi connectivity index (χ0) is 15.2. The quantitative estimate of drug-likeness (QED) is 0.675. The Balaban J connectivity index is 1.49.